The molecule has 298 valence electrons. The van der Waals surface area contributed by atoms with Crippen molar-refractivity contribution in [2.75, 3.05) is 0 Å². The van der Waals surface area contributed by atoms with Crippen LogP contribution in [0, 0.1) is 6.57 Å². The number of fused-ring (bicyclic) bond motifs is 6. The minimum atomic E-state index is 0.570. The molecule has 0 bridgehead atoms. The zero-order valence-electron chi connectivity index (χ0n) is 34.5. The molecular weight excluding hydrogens is 781 g/mol. The summed E-state index contributed by atoms with van der Waals surface area (Å²) in [6, 6.07) is 75.9. The molecule has 0 saturated carbocycles. The lowest BCUT2D eigenvalue weighted by molar-refractivity contribution is 1.06. The Morgan fingerprint density at radius 2 is 0.891 bits per heavy atom. The molecule has 0 saturated heterocycles. The van der Waals surface area contributed by atoms with Gasteiger partial charge in [-0.05, 0) is 70.8 Å². The van der Waals surface area contributed by atoms with E-state index in [-0.39, 0.29) is 0 Å². The Labute approximate surface area is 369 Å². The minimum Gasteiger partial charge on any atom is -0.309 e. The van der Waals surface area contributed by atoms with Gasteiger partial charge in [0.05, 0.1) is 34.3 Å². The first-order chi connectivity index (χ1) is 31.7. The van der Waals surface area contributed by atoms with E-state index in [0.29, 0.717) is 23.2 Å². The molecule has 3 aromatic heterocycles. The zero-order chi connectivity index (χ0) is 42.6. The molecule has 0 amide bonds. The first kappa shape index (κ1) is 36.9. The Morgan fingerprint density at radius 3 is 1.58 bits per heavy atom. The molecule has 64 heavy (non-hydrogen) atoms. The highest BCUT2D eigenvalue weighted by Gasteiger charge is 2.22. The summed E-state index contributed by atoms with van der Waals surface area (Å²) in [6.45, 7) is 7.52. The van der Waals surface area contributed by atoms with E-state index in [2.05, 4.69) is 147 Å². The average molecular weight is 817 g/mol. The van der Waals surface area contributed by atoms with E-state index in [0.717, 1.165) is 83.2 Å². The second-order valence-electron chi connectivity index (χ2n) is 15.9. The molecule has 0 N–H and O–H groups in total. The summed E-state index contributed by atoms with van der Waals surface area (Å²) in [7, 11) is 0. The smallest absolute Gasteiger partial charge is 0.187 e. The number of hydrogen-bond acceptors (Lipinski definition) is 3. The van der Waals surface area contributed by atoms with Gasteiger partial charge in [0, 0.05) is 43.9 Å². The Hall–Kier alpha value is -8.92. The SMILES string of the molecule is [C-]#[N+]c1ccc(-c2ccc3c4ccccc4n(-c4ccc(-c5cccc6c5c5ccccc5n6-c5ccccc5)cc4-c4nc(-c5ccccc5)nc(-c5ccccc5)n4)c3c2)cc1. The highest BCUT2D eigenvalue weighted by Crippen LogP contribution is 2.43. The van der Waals surface area contributed by atoms with Crippen molar-refractivity contribution in [3.63, 3.8) is 0 Å². The molecule has 6 nitrogen and oxygen atoms in total. The van der Waals surface area contributed by atoms with Crippen LogP contribution in [0.5, 0.6) is 0 Å². The van der Waals surface area contributed by atoms with Crippen molar-refractivity contribution in [3.8, 4) is 67.8 Å². The van der Waals surface area contributed by atoms with Crippen LogP contribution in [-0.4, -0.2) is 24.1 Å². The van der Waals surface area contributed by atoms with E-state index in [1.807, 2.05) is 84.9 Å². The molecule has 0 radical (unpaired) electrons. The van der Waals surface area contributed by atoms with Crippen molar-refractivity contribution in [3.05, 3.63) is 230 Å². The molecule has 3 heterocycles. The fourth-order valence-corrected chi connectivity index (χ4v) is 9.26. The summed E-state index contributed by atoms with van der Waals surface area (Å²) in [5.41, 5.74) is 14.0. The molecule has 0 fully saturated rings. The van der Waals surface area contributed by atoms with Crippen LogP contribution in [-0.2, 0) is 0 Å². The van der Waals surface area contributed by atoms with Crippen molar-refractivity contribution in [2.24, 2.45) is 0 Å². The second kappa shape index (κ2) is 15.2. The summed E-state index contributed by atoms with van der Waals surface area (Å²) < 4.78 is 4.72. The Kier molecular flexibility index (Phi) is 8.77. The summed E-state index contributed by atoms with van der Waals surface area (Å²) in [5, 5.41) is 4.64. The maximum absolute atomic E-state index is 7.52. The first-order valence-electron chi connectivity index (χ1n) is 21.3. The third-order valence-electron chi connectivity index (χ3n) is 12.2. The van der Waals surface area contributed by atoms with Gasteiger partial charge in [-0.25, -0.2) is 19.8 Å². The van der Waals surface area contributed by atoms with Gasteiger partial charge in [-0.15, -0.1) is 0 Å². The largest absolute Gasteiger partial charge is 0.309 e. The highest BCUT2D eigenvalue weighted by molar-refractivity contribution is 6.16. The van der Waals surface area contributed by atoms with Crippen molar-refractivity contribution in [1.29, 1.82) is 0 Å². The van der Waals surface area contributed by atoms with E-state index in [1.165, 1.54) is 10.8 Å². The maximum Gasteiger partial charge on any atom is 0.187 e. The second-order valence-corrected chi connectivity index (χ2v) is 15.9. The van der Waals surface area contributed by atoms with Gasteiger partial charge in [0.25, 0.3) is 0 Å². The summed E-state index contributed by atoms with van der Waals surface area (Å²) in [5.74, 6) is 1.77. The molecule has 0 atom stereocenters. The van der Waals surface area contributed by atoms with E-state index in [1.54, 1.807) is 0 Å². The lowest BCUT2D eigenvalue weighted by Gasteiger charge is -2.17. The molecule has 0 spiro atoms. The van der Waals surface area contributed by atoms with Crippen LogP contribution in [0.1, 0.15) is 0 Å². The molecule has 9 aromatic carbocycles. The molecule has 0 unspecified atom stereocenters. The number of para-hydroxylation sites is 3. The third-order valence-corrected chi connectivity index (χ3v) is 12.2. The van der Waals surface area contributed by atoms with Gasteiger partial charge in [-0.1, -0.05) is 170 Å². The van der Waals surface area contributed by atoms with Gasteiger partial charge in [-0.3, -0.25) is 0 Å². The molecule has 12 aromatic rings. The zero-order valence-corrected chi connectivity index (χ0v) is 34.5. The van der Waals surface area contributed by atoms with Gasteiger partial charge >= 0.3 is 0 Å². The van der Waals surface area contributed by atoms with Crippen LogP contribution in [0.3, 0.4) is 0 Å². The van der Waals surface area contributed by atoms with Crippen LogP contribution in [0.2, 0.25) is 0 Å². The van der Waals surface area contributed by atoms with Crippen molar-refractivity contribution >= 4 is 49.3 Å². The van der Waals surface area contributed by atoms with E-state index < -0.39 is 0 Å². The van der Waals surface area contributed by atoms with Crippen LogP contribution < -0.4 is 0 Å². The van der Waals surface area contributed by atoms with Crippen molar-refractivity contribution < 1.29 is 0 Å². The first-order valence-corrected chi connectivity index (χ1v) is 21.3. The number of benzene rings is 9. The van der Waals surface area contributed by atoms with E-state index >= 15 is 0 Å². The molecule has 12 rings (SSSR count). The molecular formula is C58H36N6. The van der Waals surface area contributed by atoms with Crippen LogP contribution >= 0.6 is 0 Å². The summed E-state index contributed by atoms with van der Waals surface area (Å²) in [6.07, 6.45) is 0. The van der Waals surface area contributed by atoms with Gasteiger partial charge in [0.2, 0.25) is 0 Å². The maximum atomic E-state index is 7.52. The normalized spacial score (nSPS) is 11.4. The quantitative estimate of drug-likeness (QED) is 0.151. The topological polar surface area (TPSA) is 52.9 Å². The van der Waals surface area contributed by atoms with Crippen LogP contribution in [0.4, 0.5) is 5.69 Å². The number of aromatic nitrogens is 5. The predicted octanol–water partition coefficient (Wildman–Crippen LogP) is 15.0. The fourth-order valence-electron chi connectivity index (χ4n) is 9.26. The Bertz CT molecular complexity index is 3710. The van der Waals surface area contributed by atoms with Gasteiger partial charge in [-0.2, -0.15) is 0 Å². The molecule has 0 aliphatic heterocycles. The molecule has 6 heteroatoms. The van der Waals surface area contributed by atoms with Crippen molar-refractivity contribution in [2.45, 2.75) is 0 Å². The van der Waals surface area contributed by atoms with Gasteiger partial charge in [0.1, 0.15) is 0 Å². The van der Waals surface area contributed by atoms with Crippen LogP contribution in [0.25, 0.3) is 116 Å². The van der Waals surface area contributed by atoms with Gasteiger partial charge < -0.3 is 9.13 Å². The lowest BCUT2D eigenvalue weighted by atomic mass is 9.96. The molecule has 0 aliphatic rings. The predicted molar refractivity (Wildman–Crippen MR) is 262 cm³/mol. The summed E-state index contributed by atoms with van der Waals surface area (Å²) >= 11 is 0. The monoisotopic (exact) mass is 816 g/mol. The lowest BCUT2D eigenvalue weighted by Crippen LogP contribution is -2.04. The third kappa shape index (κ3) is 6.14. The molecule has 0 aliphatic carbocycles. The van der Waals surface area contributed by atoms with E-state index in [4.69, 9.17) is 21.5 Å². The standard InChI is InChI=1S/C58H36N6/c1-59-43-32-28-38(29-33-43)41-30-34-47-46-22-11-13-25-50(46)64(54(47)37-41)52-35-31-42(45-24-15-27-53-55(45)48-23-12-14-26-51(48)63(53)44-20-9-4-10-21-44)36-49(52)58-61-56(39-16-5-2-6-17-39)60-57(62-58)40-18-7-3-8-19-40/h2-37H. The van der Waals surface area contributed by atoms with E-state index in [9.17, 15) is 0 Å². The Morgan fingerprint density at radius 1 is 0.344 bits per heavy atom. The fraction of sp³-hybridized carbons (Fsp3) is 0. The average Bonchev–Trinajstić information content (AvgIpc) is 3.89. The summed E-state index contributed by atoms with van der Waals surface area (Å²) in [4.78, 5) is 19.4. The van der Waals surface area contributed by atoms with Gasteiger partial charge in [0.15, 0.2) is 23.2 Å². The minimum absolute atomic E-state index is 0.570. The number of rotatable bonds is 7. The van der Waals surface area contributed by atoms with Crippen LogP contribution in [0.15, 0.2) is 218 Å². The highest BCUT2D eigenvalue weighted by atomic mass is 15.1. The van der Waals surface area contributed by atoms with Crippen molar-refractivity contribution in [1.82, 2.24) is 24.1 Å². The number of nitrogens with zero attached hydrogens (tertiary/aromatic N) is 6. The Balaban J connectivity index is 1.17. The number of hydrogen-bond donors (Lipinski definition) is 0.